The van der Waals surface area contributed by atoms with E-state index in [4.69, 9.17) is 22.1 Å². The molecule has 0 bridgehead atoms. The Labute approximate surface area is 325 Å². The minimum atomic E-state index is -0.459. The number of carbonyl (C=O) groups is 6. The standard InChI is InChI=1S/C13H18N2O4.C12H15ClN2O3.C12H17N3O3/c1-18-9-11(16)8-15-13(17)14-7-10-3-5-12(19-2)6-4-10;2*1-2-18-11(16)8-15-12(17)14-7-9-3-5-10(13)6-4-9/h3-6H,7-9H2,1-2H3,(H2,14,15,17);3-6H,2,7-8H2,1H3,(H2,14,15,17);3-6H,2,7-8,13H2,1H3,(H2,14,15,17). The van der Waals surface area contributed by atoms with Crippen molar-refractivity contribution in [3.05, 3.63) is 94.5 Å². The molecule has 0 fully saturated rings. The fourth-order valence-electron chi connectivity index (χ4n) is 3.84. The predicted octanol–water partition coefficient (Wildman–Crippen LogP) is 3.04. The van der Waals surface area contributed by atoms with Crippen molar-refractivity contribution in [1.82, 2.24) is 31.9 Å². The molecule has 3 rings (SSSR count). The molecule has 0 atom stereocenters. The number of ketones is 1. The summed E-state index contributed by atoms with van der Waals surface area (Å²) in [6, 6.07) is 20.4. The highest BCUT2D eigenvalue weighted by atomic mass is 35.5. The van der Waals surface area contributed by atoms with Crippen molar-refractivity contribution in [1.29, 1.82) is 0 Å². The number of nitrogens with two attached hydrogens (primary N) is 1. The minimum Gasteiger partial charge on any atom is -0.497 e. The average Bonchev–Trinajstić information content (AvgIpc) is 3.18. The molecule has 0 unspecified atom stereocenters. The number of nitrogens with one attached hydrogen (secondary N) is 6. The largest absolute Gasteiger partial charge is 0.497 e. The Kier molecular flexibility index (Phi) is 24.3. The Hall–Kier alpha value is -6.07. The minimum absolute atomic E-state index is 0.00123. The molecule has 3 aromatic rings. The first kappa shape index (κ1) is 47.0. The highest BCUT2D eigenvalue weighted by Crippen LogP contribution is 2.11. The molecule has 3 aromatic carbocycles. The van der Waals surface area contributed by atoms with E-state index in [0.29, 0.717) is 43.6 Å². The Bertz CT molecular complexity index is 1530. The van der Waals surface area contributed by atoms with Crippen LogP contribution in [0.1, 0.15) is 30.5 Å². The molecule has 6 amide bonds. The SMILES string of the molecule is CCOC(=O)CNC(=O)NCc1ccc(Cl)cc1.CCOC(=O)CNC(=O)NCc1ccc(N)cc1.COCC(=O)CNC(=O)NCc1ccc(OC)cc1. The summed E-state index contributed by atoms with van der Waals surface area (Å²) in [5, 5.41) is 15.8. The number of ether oxygens (including phenoxy) is 4. The second-order valence-corrected chi connectivity index (χ2v) is 11.3. The third kappa shape index (κ3) is 24.0. The second kappa shape index (κ2) is 28.4. The Balaban J connectivity index is 0.000000413. The van der Waals surface area contributed by atoms with E-state index in [0.717, 1.165) is 22.4 Å². The van der Waals surface area contributed by atoms with Gasteiger partial charge < -0.3 is 56.6 Å². The molecule has 0 spiro atoms. The Morgan fingerprint density at radius 3 is 1.33 bits per heavy atom. The molecule has 18 heteroatoms. The molecule has 0 aliphatic heterocycles. The number of benzene rings is 3. The van der Waals surface area contributed by atoms with E-state index in [-0.39, 0.29) is 38.1 Å². The number of hydrogen-bond donors (Lipinski definition) is 7. The first-order valence-electron chi connectivity index (χ1n) is 17.0. The quantitative estimate of drug-likeness (QED) is 0.0776. The molecular weight excluding hydrogens is 738 g/mol. The van der Waals surface area contributed by atoms with Crippen molar-refractivity contribution in [2.45, 2.75) is 33.5 Å². The number of methoxy groups -OCH3 is 2. The van der Waals surface area contributed by atoms with Gasteiger partial charge in [-0.1, -0.05) is 48.0 Å². The number of halogens is 1. The molecule has 55 heavy (non-hydrogen) atoms. The van der Waals surface area contributed by atoms with Gasteiger partial charge in [-0.25, -0.2) is 14.4 Å². The van der Waals surface area contributed by atoms with Crippen molar-refractivity contribution in [3.8, 4) is 5.75 Å². The summed E-state index contributed by atoms with van der Waals surface area (Å²) < 4.78 is 19.0. The van der Waals surface area contributed by atoms with Gasteiger partial charge in [-0.2, -0.15) is 0 Å². The molecule has 0 aliphatic rings. The molecule has 0 saturated heterocycles. The van der Waals surface area contributed by atoms with Crippen LogP contribution >= 0.6 is 11.6 Å². The van der Waals surface area contributed by atoms with Gasteiger partial charge in [0, 0.05) is 37.5 Å². The zero-order valence-electron chi connectivity index (χ0n) is 31.3. The summed E-state index contributed by atoms with van der Waals surface area (Å²) in [5.74, 6) is -0.334. The maximum atomic E-state index is 11.4. The van der Waals surface area contributed by atoms with Crippen molar-refractivity contribution in [2.75, 3.05) is 59.4 Å². The van der Waals surface area contributed by atoms with Gasteiger partial charge in [0.1, 0.15) is 25.4 Å². The van der Waals surface area contributed by atoms with E-state index in [9.17, 15) is 28.8 Å². The third-order valence-corrected chi connectivity index (χ3v) is 6.81. The Morgan fingerprint density at radius 2 is 0.945 bits per heavy atom. The van der Waals surface area contributed by atoms with Gasteiger partial charge in [0.05, 0.1) is 26.9 Å². The van der Waals surface area contributed by atoms with E-state index >= 15 is 0 Å². The number of carbonyl (C=O) groups excluding carboxylic acids is 6. The zero-order valence-corrected chi connectivity index (χ0v) is 32.1. The lowest BCUT2D eigenvalue weighted by Crippen LogP contribution is -2.38. The molecular formula is C37H50ClN7O10. The highest BCUT2D eigenvalue weighted by molar-refractivity contribution is 6.30. The normalized spacial score (nSPS) is 9.69. The van der Waals surface area contributed by atoms with Gasteiger partial charge in [-0.3, -0.25) is 14.4 Å². The van der Waals surface area contributed by atoms with Gasteiger partial charge in [0.25, 0.3) is 0 Å². The van der Waals surface area contributed by atoms with Crippen LogP contribution in [0.15, 0.2) is 72.8 Å². The third-order valence-electron chi connectivity index (χ3n) is 6.56. The van der Waals surface area contributed by atoms with E-state index in [1.807, 2.05) is 48.5 Å². The summed E-state index contributed by atoms with van der Waals surface area (Å²) in [4.78, 5) is 67.2. The number of Topliss-reactive ketones (excluding diaryl/α,β-unsaturated/α-hetero) is 1. The van der Waals surface area contributed by atoms with Crippen LogP contribution in [0.3, 0.4) is 0 Å². The van der Waals surface area contributed by atoms with Crippen molar-refractivity contribution in [2.24, 2.45) is 0 Å². The van der Waals surface area contributed by atoms with Gasteiger partial charge in [0.2, 0.25) is 0 Å². The number of esters is 2. The summed E-state index contributed by atoms with van der Waals surface area (Å²) in [6.45, 7) is 4.82. The van der Waals surface area contributed by atoms with Gasteiger partial charge in [-0.15, -0.1) is 0 Å². The van der Waals surface area contributed by atoms with E-state index < -0.39 is 24.0 Å². The fraction of sp³-hybridized carbons (Fsp3) is 0.351. The average molecular weight is 788 g/mol. The van der Waals surface area contributed by atoms with Crippen molar-refractivity contribution >= 4 is 53.1 Å². The van der Waals surface area contributed by atoms with Crippen LogP contribution in [-0.4, -0.2) is 89.5 Å². The van der Waals surface area contributed by atoms with Crippen LogP contribution in [0.25, 0.3) is 0 Å². The van der Waals surface area contributed by atoms with Crippen molar-refractivity contribution in [3.63, 3.8) is 0 Å². The number of anilines is 1. The lowest BCUT2D eigenvalue weighted by atomic mass is 10.2. The first-order chi connectivity index (χ1) is 26.4. The molecule has 17 nitrogen and oxygen atoms in total. The summed E-state index contributed by atoms with van der Waals surface area (Å²) in [7, 11) is 3.03. The topological polar surface area (TPSA) is 238 Å². The molecule has 8 N–H and O–H groups in total. The maximum Gasteiger partial charge on any atom is 0.325 e. The number of hydrogen-bond acceptors (Lipinski definition) is 11. The van der Waals surface area contributed by atoms with Crippen LogP contribution in [0.4, 0.5) is 20.1 Å². The summed E-state index contributed by atoms with van der Waals surface area (Å²) >= 11 is 5.74. The summed E-state index contributed by atoms with van der Waals surface area (Å²) in [5.41, 5.74) is 9.00. The van der Waals surface area contributed by atoms with Gasteiger partial charge >= 0.3 is 30.0 Å². The number of nitrogen functional groups attached to an aromatic ring is 1. The van der Waals surface area contributed by atoms with Gasteiger partial charge in [0.15, 0.2) is 5.78 Å². The number of urea groups is 3. The maximum absolute atomic E-state index is 11.4. The van der Waals surface area contributed by atoms with E-state index in [1.54, 1.807) is 45.2 Å². The van der Waals surface area contributed by atoms with E-state index in [2.05, 4.69) is 46.1 Å². The first-order valence-corrected chi connectivity index (χ1v) is 17.3. The molecule has 0 saturated carbocycles. The summed E-state index contributed by atoms with van der Waals surface area (Å²) in [6.07, 6.45) is 0. The monoisotopic (exact) mass is 787 g/mol. The molecule has 0 aromatic heterocycles. The van der Waals surface area contributed by atoms with Crippen LogP contribution in [0.2, 0.25) is 5.02 Å². The lowest BCUT2D eigenvalue weighted by Gasteiger charge is -2.07. The fourth-order valence-corrected chi connectivity index (χ4v) is 3.96. The highest BCUT2D eigenvalue weighted by Gasteiger charge is 2.07. The zero-order chi connectivity index (χ0) is 40.8. The molecule has 300 valence electrons. The Morgan fingerprint density at radius 1 is 0.564 bits per heavy atom. The smallest absolute Gasteiger partial charge is 0.325 e. The number of rotatable bonds is 17. The lowest BCUT2D eigenvalue weighted by molar-refractivity contribution is -0.142. The van der Waals surface area contributed by atoms with E-state index in [1.165, 1.54) is 7.11 Å². The molecule has 0 radical (unpaired) electrons. The van der Waals surface area contributed by atoms with Gasteiger partial charge in [-0.05, 0) is 66.9 Å². The van der Waals surface area contributed by atoms with Crippen LogP contribution < -0.4 is 42.4 Å². The number of amides is 6. The predicted molar refractivity (Wildman–Crippen MR) is 206 cm³/mol. The molecule has 0 heterocycles. The molecule has 0 aliphatic carbocycles. The second-order valence-electron chi connectivity index (χ2n) is 10.9. The van der Waals surface area contributed by atoms with Crippen LogP contribution in [0.5, 0.6) is 5.75 Å². The van der Waals surface area contributed by atoms with Crippen molar-refractivity contribution < 1.29 is 47.7 Å². The van der Waals surface area contributed by atoms with Crippen LogP contribution in [-0.2, 0) is 48.2 Å². The van der Waals surface area contributed by atoms with Crippen LogP contribution in [0, 0.1) is 0 Å².